The van der Waals surface area contributed by atoms with Gasteiger partial charge in [0, 0.05) is 6.54 Å². The van der Waals surface area contributed by atoms with Crippen LogP contribution < -0.4 is 10.1 Å². The summed E-state index contributed by atoms with van der Waals surface area (Å²) in [7, 11) is -2.90. The van der Waals surface area contributed by atoms with Gasteiger partial charge in [-0.05, 0) is 36.5 Å². The molecule has 1 atom stereocenters. The van der Waals surface area contributed by atoms with Gasteiger partial charge < -0.3 is 10.1 Å². The molecule has 6 heteroatoms. The third-order valence-corrected chi connectivity index (χ3v) is 5.22. The lowest BCUT2D eigenvalue weighted by atomic mass is 10.1. The van der Waals surface area contributed by atoms with Crippen molar-refractivity contribution in [2.75, 3.05) is 18.1 Å². The van der Waals surface area contributed by atoms with Crippen molar-refractivity contribution in [3.8, 4) is 5.75 Å². The van der Waals surface area contributed by atoms with Crippen molar-refractivity contribution >= 4 is 15.9 Å². The fourth-order valence-electron chi connectivity index (χ4n) is 2.23. The van der Waals surface area contributed by atoms with Crippen LogP contribution in [-0.4, -0.2) is 32.6 Å². The van der Waals surface area contributed by atoms with Gasteiger partial charge in [-0.1, -0.05) is 19.1 Å². The van der Waals surface area contributed by atoms with Crippen molar-refractivity contribution in [3.05, 3.63) is 29.8 Å². The maximum Gasteiger partial charge on any atom is 0.412 e. The lowest BCUT2D eigenvalue weighted by Crippen LogP contribution is -2.32. The molecule has 20 heavy (non-hydrogen) atoms. The van der Waals surface area contributed by atoms with Crippen molar-refractivity contribution in [1.82, 2.24) is 5.32 Å². The van der Waals surface area contributed by atoms with Gasteiger partial charge in [-0.25, -0.2) is 13.2 Å². The molecule has 110 valence electrons. The number of benzene rings is 1. The highest BCUT2D eigenvalue weighted by Crippen LogP contribution is 2.18. The molecule has 0 spiro atoms. The quantitative estimate of drug-likeness (QED) is 0.919. The molecule has 1 unspecified atom stereocenters. The van der Waals surface area contributed by atoms with E-state index in [-0.39, 0.29) is 17.4 Å². The number of amides is 1. The van der Waals surface area contributed by atoms with Gasteiger partial charge in [0.25, 0.3) is 0 Å². The summed E-state index contributed by atoms with van der Waals surface area (Å²) in [5.74, 6) is 0.862. The van der Waals surface area contributed by atoms with E-state index in [1.54, 1.807) is 6.07 Å². The SMILES string of the molecule is CCc1cccc(OC(=O)NCC2CCS(=O)(=O)C2)c1. The average molecular weight is 297 g/mol. The molecule has 1 N–H and O–H groups in total. The second kappa shape index (κ2) is 6.26. The first-order chi connectivity index (χ1) is 9.48. The number of carbonyl (C=O) groups excluding carboxylic acids is 1. The number of nitrogens with one attached hydrogen (secondary N) is 1. The summed E-state index contributed by atoms with van der Waals surface area (Å²) >= 11 is 0. The molecule has 1 amide bonds. The van der Waals surface area contributed by atoms with Crippen molar-refractivity contribution < 1.29 is 17.9 Å². The van der Waals surface area contributed by atoms with E-state index in [0.29, 0.717) is 18.7 Å². The number of sulfone groups is 1. The number of ether oxygens (including phenoxy) is 1. The van der Waals surface area contributed by atoms with E-state index < -0.39 is 15.9 Å². The normalized spacial score (nSPS) is 20.6. The minimum Gasteiger partial charge on any atom is -0.410 e. The molecule has 0 aromatic heterocycles. The van der Waals surface area contributed by atoms with Gasteiger partial charge in [-0.2, -0.15) is 0 Å². The molecule has 1 saturated heterocycles. The Hall–Kier alpha value is -1.56. The van der Waals surface area contributed by atoms with Crippen LogP contribution in [0.2, 0.25) is 0 Å². The maximum absolute atomic E-state index is 11.6. The monoisotopic (exact) mass is 297 g/mol. The molecule has 0 bridgehead atoms. The van der Waals surface area contributed by atoms with E-state index in [0.717, 1.165) is 12.0 Å². The number of aryl methyl sites for hydroxylation is 1. The average Bonchev–Trinajstić information content (AvgIpc) is 2.76. The van der Waals surface area contributed by atoms with Gasteiger partial charge in [0.1, 0.15) is 5.75 Å². The Kier molecular flexibility index (Phi) is 4.65. The smallest absolute Gasteiger partial charge is 0.410 e. The molecular weight excluding hydrogens is 278 g/mol. The summed E-state index contributed by atoms with van der Waals surface area (Å²) in [5, 5.41) is 2.62. The van der Waals surface area contributed by atoms with E-state index in [1.807, 2.05) is 25.1 Å². The van der Waals surface area contributed by atoms with Crippen LogP contribution in [0.5, 0.6) is 5.75 Å². The number of rotatable bonds is 4. The van der Waals surface area contributed by atoms with Gasteiger partial charge in [0.05, 0.1) is 11.5 Å². The number of hydrogen-bond acceptors (Lipinski definition) is 4. The Morgan fingerprint density at radius 1 is 1.45 bits per heavy atom. The lowest BCUT2D eigenvalue weighted by molar-refractivity contribution is 0.199. The second-order valence-corrected chi connectivity index (χ2v) is 7.27. The van der Waals surface area contributed by atoms with Crippen LogP contribution >= 0.6 is 0 Å². The largest absolute Gasteiger partial charge is 0.412 e. The summed E-state index contributed by atoms with van der Waals surface area (Å²) in [5.41, 5.74) is 1.09. The molecule has 1 aliphatic heterocycles. The Balaban J connectivity index is 1.81. The standard InChI is InChI=1S/C14H19NO4S/c1-2-11-4-3-5-13(8-11)19-14(16)15-9-12-6-7-20(17,18)10-12/h3-5,8,12H,2,6-7,9-10H2,1H3,(H,15,16). The molecule has 5 nitrogen and oxygen atoms in total. The van der Waals surface area contributed by atoms with Crippen LogP contribution in [0.1, 0.15) is 18.9 Å². The predicted molar refractivity (Wildman–Crippen MR) is 76.6 cm³/mol. The zero-order valence-electron chi connectivity index (χ0n) is 11.5. The fraction of sp³-hybridized carbons (Fsp3) is 0.500. The second-order valence-electron chi connectivity index (χ2n) is 5.04. The number of carbonyl (C=O) groups is 1. The van der Waals surface area contributed by atoms with E-state index in [2.05, 4.69) is 5.32 Å². The van der Waals surface area contributed by atoms with Crippen LogP contribution in [0.15, 0.2) is 24.3 Å². The van der Waals surface area contributed by atoms with Gasteiger partial charge in [-0.3, -0.25) is 0 Å². The molecule has 2 rings (SSSR count). The first-order valence-corrected chi connectivity index (χ1v) is 8.55. The van der Waals surface area contributed by atoms with Crippen LogP contribution in [0, 0.1) is 5.92 Å². The minimum absolute atomic E-state index is 0.00507. The van der Waals surface area contributed by atoms with Crippen molar-refractivity contribution in [2.24, 2.45) is 5.92 Å². The highest BCUT2D eigenvalue weighted by Gasteiger charge is 2.28. The fourth-order valence-corrected chi connectivity index (χ4v) is 4.09. The van der Waals surface area contributed by atoms with E-state index in [4.69, 9.17) is 4.74 Å². The van der Waals surface area contributed by atoms with Gasteiger partial charge in [0.2, 0.25) is 0 Å². The van der Waals surface area contributed by atoms with Crippen molar-refractivity contribution in [1.29, 1.82) is 0 Å². The third kappa shape index (κ3) is 4.23. The van der Waals surface area contributed by atoms with Crippen LogP contribution in [-0.2, 0) is 16.3 Å². The van der Waals surface area contributed by atoms with Crippen molar-refractivity contribution in [3.63, 3.8) is 0 Å². The van der Waals surface area contributed by atoms with Crippen LogP contribution in [0.3, 0.4) is 0 Å². The lowest BCUT2D eigenvalue weighted by Gasteiger charge is -2.10. The molecule has 1 aliphatic rings. The summed E-state index contributed by atoms with van der Waals surface area (Å²) in [4.78, 5) is 11.6. The third-order valence-electron chi connectivity index (χ3n) is 3.38. The summed E-state index contributed by atoms with van der Waals surface area (Å²) < 4.78 is 27.8. The molecule has 1 fully saturated rings. The van der Waals surface area contributed by atoms with Gasteiger partial charge >= 0.3 is 6.09 Å². The van der Waals surface area contributed by atoms with Gasteiger partial charge in [0.15, 0.2) is 9.84 Å². The molecule has 0 aliphatic carbocycles. The Labute approximate surface area is 119 Å². The molecule has 0 saturated carbocycles. The number of hydrogen-bond donors (Lipinski definition) is 1. The van der Waals surface area contributed by atoms with E-state index >= 15 is 0 Å². The minimum atomic E-state index is -2.90. The topological polar surface area (TPSA) is 72.5 Å². The molecular formula is C14H19NO4S. The molecule has 0 radical (unpaired) electrons. The Morgan fingerprint density at radius 2 is 2.25 bits per heavy atom. The summed E-state index contributed by atoms with van der Waals surface area (Å²) in [6.45, 7) is 2.37. The first-order valence-electron chi connectivity index (χ1n) is 6.73. The molecule has 1 aromatic rings. The summed E-state index contributed by atoms with van der Waals surface area (Å²) in [6.07, 6.45) is 0.940. The van der Waals surface area contributed by atoms with Crippen LogP contribution in [0.4, 0.5) is 4.79 Å². The maximum atomic E-state index is 11.6. The van der Waals surface area contributed by atoms with Crippen LogP contribution in [0.25, 0.3) is 0 Å². The zero-order chi connectivity index (χ0) is 14.6. The predicted octanol–water partition coefficient (Wildman–Crippen LogP) is 1.77. The van der Waals surface area contributed by atoms with E-state index in [1.165, 1.54) is 0 Å². The van der Waals surface area contributed by atoms with E-state index in [9.17, 15) is 13.2 Å². The molecule has 1 aromatic carbocycles. The first kappa shape index (κ1) is 14.8. The Bertz CT molecular complexity index is 583. The molecule has 1 heterocycles. The summed E-state index contributed by atoms with van der Waals surface area (Å²) in [6, 6.07) is 7.34. The highest BCUT2D eigenvalue weighted by molar-refractivity contribution is 7.91. The van der Waals surface area contributed by atoms with Gasteiger partial charge in [-0.15, -0.1) is 0 Å². The highest BCUT2D eigenvalue weighted by atomic mass is 32.2. The zero-order valence-corrected chi connectivity index (χ0v) is 12.3. The Morgan fingerprint density at radius 3 is 2.90 bits per heavy atom. The van der Waals surface area contributed by atoms with Crippen molar-refractivity contribution in [2.45, 2.75) is 19.8 Å².